The number of hydrogen-bond acceptors (Lipinski definition) is 3. The second kappa shape index (κ2) is 6.62. The van der Waals surface area contributed by atoms with Crippen LogP contribution >= 0.6 is 15.9 Å². The van der Waals surface area contributed by atoms with Crippen LogP contribution in [-0.4, -0.2) is 17.4 Å². The standard InChI is InChI=1S/C21H17BrN2O2S/c1-14-3-7-16(8-4-14)20-13-24(21-19(20)11-17(22)12-23-21)27(25,26)18-9-5-15(2)6-10-18/h3-13H,1-2H3. The van der Waals surface area contributed by atoms with Gasteiger partial charge in [0.1, 0.15) is 0 Å². The number of fused-ring (bicyclic) bond motifs is 1. The van der Waals surface area contributed by atoms with Gasteiger partial charge in [-0.15, -0.1) is 0 Å². The quantitative estimate of drug-likeness (QED) is 0.433. The number of aromatic nitrogens is 2. The lowest BCUT2D eigenvalue weighted by molar-refractivity contribution is 0.589. The summed E-state index contributed by atoms with van der Waals surface area (Å²) in [6.45, 7) is 3.95. The molecular weight excluding hydrogens is 424 g/mol. The molecule has 0 spiro atoms. The van der Waals surface area contributed by atoms with Crippen LogP contribution in [0.5, 0.6) is 0 Å². The Kier molecular flexibility index (Phi) is 4.40. The Morgan fingerprint density at radius 1 is 0.926 bits per heavy atom. The highest BCUT2D eigenvalue weighted by Crippen LogP contribution is 2.33. The van der Waals surface area contributed by atoms with Gasteiger partial charge in [0.2, 0.25) is 0 Å². The van der Waals surface area contributed by atoms with Crippen LogP contribution in [0.2, 0.25) is 0 Å². The molecule has 4 rings (SSSR count). The summed E-state index contributed by atoms with van der Waals surface area (Å²) in [5.74, 6) is 0. The van der Waals surface area contributed by atoms with Crippen molar-refractivity contribution < 1.29 is 8.42 Å². The topological polar surface area (TPSA) is 52.0 Å². The van der Waals surface area contributed by atoms with Gasteiger partial charge in [-0.3, -0.25) is 0 Å². The molecule has 2 aromatic heterocycles. The summed E-state index contributed by atoms with van der Waals surface area (Å²) in [7, 11) is -3.75. The Morgan fingerprint density at radius 3 is 2.15 bits per heavy atom. The lowest BCUT2D eigenvalue weighted by Crippen LogP contribution is -2.12. The highest BCUT2D eigenvalue weighted by Gasteiger charge is 2.23. The molecule has 6 heteroatoms. The Hall–Kier alpha value is -2.44. The normalized spacial score (nSPS) is 11.8. The van der Waals surface area contributed by atoms with Crippen molar-refractivity contribution in [3.05, 3.63) is 82.6 Å². The Morgan fingerprint density at radius 2 is 1.52 bits per heavy atom. The molecule has 0 fully saturated rings. The van der Waals surface area contributed by atoms with Gasteiger partial charge in [-0.2, -0.15) is 0 Å². The summed E-state index contributed by atoms with van der Waals surface area (Å²) in [6.07, 6.45) is 3.27. The second-order valence-corrected chi connectivity index (χ2v) is 9.28. The smallest absolute Gasteiger partial charge is 0.236 e. The SMILES string of the molecule is Cc1ccc(-c2cn(S(=O)(=O)c3ccc(C)cc3)c3ncc(Br)cc23)cc1. The average molecular weight is 441 g/mol. The van der Waals surface area contributed by atoms with Gasteiger partial charge in [0.25, 0.3) is 10.0 Å². The lowest BCUT2D eigenvalue weighted by Gasteiger charge is -2.07. The molecule has 0 radical (unpaired) electrons. The zero-order valence-corrected chi connectivity index (χ0v) is 17.3. The van der Waals surface area contributed by atoms with Gasteiger partial charge in [-0.05, 0) is 53.5 Å². The fourth-order valence-corrected chi connectivity index (χ4v) is 4.68. The zero-order valence-electron chi connectivity index (χ0n) is 14.8. The monoisotopic (exact) mass is 440 g/mol. The number of halogens is 1. The third kappa shape index (κ3) is 3.19. The Labute approximate surface area is 166 Å². The van der Waals surface area contributed by atoms with Gasteiger partial charge in [-0.25, -0.2) is 17.4 Å². The summed E-state index contributed by atoms with van der Waals surface area (Å²) < 4.78 is 28.6. The molecule has 0 aliphatic carbocycles. The second-order valence-electron chi connectivity index (χ2n) is 6.55. The fraction of sp³-hybridized carbons (Fsp3) is 0.0952. The molecule has 0 unspecified atom stereocenters. The van der Waals surface area contributed by atoms with Crippen LogP contribution in [0, 0.1) is 13.8 Å². The van der Waals surface area contributed by atoms with E-state index in [2.05, 4.69) is 20.9 Å². The molecule has 4 nitrogen and oxygen atoms in total. The number of pyridine rings is 1. The minimum atomic E-state index is -3.75. The van der Waals surface area contributed by atoms with Crippen LogP contribution < -0.4 is 0 Å². The first-order valence-corrected chi connectivity index (χ1v) is 10.7. The van der Waals surface area contributed by atoms with Gasteiger partial charge in [0.05, 0.1) is 4.90 Å². The van der Waals surface area contributed by atoms with Crippen molar-refractivity contribution >= 4 is 37.0 Å². The maximum Gasteiger partial charge on any atom is 0.269 e. The van der Waals surface area contributed by atoms with Crippen molar-refractivity contribution in [3.8, 4) is 11.1 Å². The Bertz CT molecular complexity index is 1240. The van der Waals surface area contributed by atoms with Crippen LogP contribution in [0.25, 0.3) is 22.2 Å². The highest BCUT2D eigenvalue weighted by molar-refractivity contribution is 9.10. The number of rotatable bonds is 3. The summed E-state index contributed by atoms with van der Waals surface area (Å²) in [5.41, 5.74) is 4.34. The van der Waals surface area contributed by atoms with Gasteiger partial charge in [-0.1, -0.05) is 47.5 Å². The summed E-state index contributed by atoms with van der Waals surface area (Å²) in [4.78, 5) is 4.63. The first kappa shape index (κ1) is 17.9. The van der Waals surface area contributed by atoms with E-state index in [1.54, 1.807) is 36.7 Å². The summed E-state index contributed by atoms with van der Waals surface area (Å²) in [5, 5.41) is 0.781. The summed E-state index contributed by atoms with van der Waals surface area (Å²) >= 11 is 3.44. The molecule has 4 aromatic rings. The van der Waals surface area contributed by atoms with Crippen LogP contribution in [0.1, 0.15) is 11.1 Å². The number of hydrogen-bond donors (Lipinski definition) is 0. The van der Waals surface area contributed by atoms with E-state index < -0.39 is 10.0 Å². The molecule has 0 aliphatic heterocycles. The van der Waals surface area contributed by atoms with E-state index in [1.807, 2.05) is 44.2 Å². The van der Waals surface area contributed by atoms with Crippen LogP contribution in [-0.2, 0) is 10.0 Å². The molecule has 0 saturated carbocycles. The van der Waals surface area contributed by atoms with E-state index in [0.29, 0.717) is 5.65 Å². The van der Waals surface area contributed by atoms with E-state index in [4.69, 9.17) is 0 Å². The molecule has 2 heterocycles. The van der Waals surface area contributed by atoms with E-state index >= 15 is 0 Å². The van der Waals surface area contributed by atoms with Crippen molar-refractivity contribution in [2.75, 3.05) is 0 Å². The van der Waals surface area contributed by atoms with Crippen LogP contribution in [0.15, 0.2) is 76.4 Å². The van der Waals surface area contributed by atoms with Crippen molar-refractivity contribution in [2.24, 2.45) is 0 Å². The number of benzene rings is 2. The van der Waals surface area contributed by atoms with Gasteiger partial charge >= 0.3 is 0 Å². The van der Waals surface area contributed by atoms with Gasteiger partial charge < -0.3 is 0 Å². The third-order valence-corrected chi connectivity index (χ3v) is 6.62. The largest absolute Gasteiger partial charge is 0.269 e. The predicted octanol–water partition coefficient (Wildman–Crippen LogP) is 5.32. The molecule has 0 bridgehead atoms. The van der Waals surface area contributed by atoms with Gasteiger partial charge in [0, 0.05) is 27.8 Å². The third-order valence-electron chi connectivity index (χ3n) is 4.52. The Balaban J connectivity index is 1.99. The lowest BCUT2D eigenvalue weighted by atomic mass is 10.0. The molecular formula is C21H17BrN2O2S. The molecule has 27 heavy (non-hydrogen) atoms. The van der Waals surface area contributed by atoms with Crippen LogP contribution in [0.4, 0.5) is 0 Å². The van der Waals surface area contributed by atoms with E-state index in [-0.39, 0.29) is 4.90 Å². The number of nitrogens with zero attached hydrogens (tertiary/aromatic N) is 2. The van der Waals surface area contributed by atoms with E-state index in [9.17, 15) is 8.42 Å². The first-order valence-electron chi connectivity index (χ1n) is 8.42. The maximum absolute atomic E-state index is 13.3. The summed E-state index contributed by atoms with van der Waals surface area (Å²) in [6, 6.07) is 16.8. The minimum absolute atomic E-state index is 0.241. The van der Waals surface area contributed by atoms with Gasteiger partial charge in [0.15, 0.2) is 5.65 Å². The maximum atomic E-state index is 13.3. The van der Waals surface area contributed by atoms with E-state index in [1.165, 1.54) is 3.97 Å². The molecule has 0 aliphatic rings. The van der Waals surface area contributed by atoms with Crippen molar-refractivity contribution in [2.45, 2.75) is 18.7 Å². The average Bonchev–Trinajstić information content (AvgIpc) is 3.02. The van der Waals surface area contributed by atoms with Crippen molar-refractivity contribution in [1.29, 1.82) is 0 Å². The first-order chi connectivity index (χ1) is 12.9. The van der Waals surface area contributed by atoms with Crippen molar-refractivity contribution in [1.82, 2.24) is 8.96 Å². The minimum Gasteiger partial charge on any atom is -0.236 e. The predicted molar refractivity (Wildman–Crippen MR) is 111 cm³/mol. The molecule has 2 aromatic carbocycles. The number of aryl methyl sites for hydroxylation is 2. The highest BCUT2D eigenvalue weighted by atomic mass is 79.9. The van der Waals surface area contributed by atoms with Crippen LogP contribution in [0.3, 0.4) is 0 Å². The molecule has 136 valence electrons. The fourth-order valence-electron chi connectivity index (χ4n) is 3.02. The zero-order chi connectivity index (χ0) is 19.2. The van der Waals surface area contributed by atoms with E-state index in [0.717, 1.165) is 32.1 Å². The molecule has 0 saturated heterocycles. The van der Waals surface area contributed by atoms with Crippen molar-refractivity contribution in [3.63, 3.8) is 0 Å². The molecule has 0 amide bonds. The molecule has 0 N–H and O–H groups in total. The molecule has 0 atom stereocenters.